The first-order chi connectivity index (χ1) is 8.31. The second-order valence-corrected chi connectivity index (χ2v) is 3.03. The van der Waals surface area contributed by atoms with Crippen LogP contribution in [0.5, 0.6) is 11.5 Å². The molecule has 0 fully saturated rings. The van der Waals surface area contributed by atoms with Crippen molar-refractivity contribution in [3.8, 4) is 17.6 Å². The second-order valence-electron chi connectivity index (χ2n) is 3.03. The number of halogens is 5. The molecule has 0 aliphatic heterocycles. The molecule has 0 bridgehead atoms. The van der Waals surface area contributed by atoms with Crippen LogP contribution < -0.4 is 9.47 Å². The molecule has 1 rings (SSSR count). The van der Waals surface area contributed by atoms with Gasteiger partial charge in [0.1, 0.15) is 11.5 Å². The maximum absolute atomic E-state index is 12.0. The van der Waals surface area contributed by atoms with E-state index in [0.717, 1.165) is 12.1 Å². The molecule has 0 saturated carbocycles. The first kappa shape index (κ1) is 14.0. The van der Waals surface area contributed by atoms with E-state index in [2.05, 4.69) is 9.47 Å². The van der Waals surface area contributed by atoms with Crippen molar-refractivity contribution in [3.05, 3.63) is 23.8 Å². The molecule has 0 unspecified atom stereocenters. The third kappa shape index (κ3) is 4.45. The van der Waals surface area contributed by atoms with E-state index in [1.165, 1.54) is 0 Å². The SMILES string of the molecule is N#CCc1ccc(OC(F)(F)F)cc1OC(F)F. The zero-order chi connectivity index (χ0) is 13.8. The smallest absolute Gasteiger partial charge is 0.434 e. The summed E-state index contributed by atoms with van der Waals surface area (Å²) >= 11 is 0. The normalized spacial score (nSPS) is 11.2. The van der Waals surface area contributed by atoms with Gasteiger partial charge in [0.2, 0.25) is 0 Å². The molecule has 0 spiro atoms. The standard InChI is InChI=1S/C10H6F5NO2/c11-9(12)17-8-5-7(18-10(13,14)15)2-1-6(8)3-4-16/h1-2,5,9H,3H2. The lowest BCUT2D eigenvalue weighted by Crippen LogP contribution is -2.17. The first-order valence-corrected chi connectivity index (χ1v) is 4.52. The van der Waals surface area contributed by atoms with Crippen molar-refractivity contribution < 1.29 is 31.4 Å². The lowest BCUT2D eigenvalue weighted by atomic mass is 10.1. The number of benzene rings is 1. The number of nitriles is 1. The van der Waals surface area contributed by atoms with E-state index in [1.54, 1.807) is 6.07 Å². The van der Waals surface area contributed by atoms with Gasteiger partial charge in [-0.25, -0.2) is 0 Å². The first-order valence-electron chi connectivity index (χ1n) is 4.52. The van der Waals surface area contributed by atoms with Gasteiger partial charge >= 0.3 is 13.0 Å². The third-order valence-corrected chi connectivity index (χ3v) is 1.76. The Bertz CT molecular complexity index is 453. The predicted octanol–water partition coefficient (Wildman–Crippen LogP) is 3.25. The molecule has 0 aromatic heterocycles. The van der Waals surface area contributed by atoms with Gasteiger partial charge in [-0.3, -0.25) is 0 Å². The lowest BCUT2D eigenvalue weighted by molar-refractivity contribution is -0.274. The molecule has 1 aromatic carbocycles. The summed E-state index contributed by atoms with van der Waals surface area (Å²) < 4.78 is 67.4. The highest BCUT2D eigenvalue weighted by Crippen LogP contribution is 2.30. The van der Waals surface area contributed by atoms with E-state index in [-0.39, 0.29) is 12.0 Å². The van der Waals surface area contributed by atoms with Crippen LogP contribution in [0.15, 0.2) is 18.2 Å². The van der Waals surface area contributed by atoms with Crippen LogP contribution in [0.3, 0.4) is 0 Å². The van der Waals surface area contributed by atoms with Gasteiger partial charge in [0, 0.05) is 11.6 Å². The van der Waals surface area contributed by atoms with Crippen molar-refractivity contribution >= 4 is 0 Å². The fourth-order valence-electron chi connectivity index (χ4n) is 1.17. The van der Waals surface area contributed by atoms with Crippen molar-refractivity contribution in [2.45, 2.75) is 19.4 Å². The molecule has 0 aliphatic carbocycles. The molecule has 0 aliphatic rings. The van der Waals surface area contributed by atoms with E-state index in [0.29, 0.717) is 6.07 Å². The van der Waals surface area contributed by atoms with Gasteiger partial charge in [-0.1, -0.05) is 6.07 Å². The van der Waals surface area contributed by atoms with Crippen LogP contribution in [0.2, 0.25) is 0 Å². The monoisotopic (exact) mass is 267 g/mol. The summed E-state index contributed by atoms with van der Waals surface area (Å²) in [6, 6.07) is 4.31. The molecule has 0 N–H and O–H groups in total. The summed E-state index contributed by atoms with van der Waals surface area (Å²) in [7, 11) is 0. The summed E-state index contributed by atoms with van der Waals surface area (Å²) in [5.41, 5.74) is 0.0484. The van der Waals surface area contributed by atoms with Crippen LogP contribution in [-0.4, -0.2) is 13.0 Å². The highest BCUT2D eigenvalue weighted by Gasteiger charge is 2.31. The van der Waals surface area contributed by atoms with Crippen molar-refractivity contribution in [2.24, 2.45) is 0 Å². The average Bonchev–Trinajstić information content (AvgIpc) is 2.19. The summed E-state index contributed by atoms with van der Waals surface area (Å²) in [5, 5.41) is 8.43. The maximum atomic E-state index is 12.0. The molecular weight excluding hydrogens is 261 g/mol. The van der Waals surface area contributed by atoms with E-state index >= 15 is 0 Å². The number of nitrogens with zero attached hydrogens (tertiary/aromatic N) is 1. The number of rotatable bonds is 4. The third-order valence-electron chi connectivity index (χ3n) is 1.76. The van der Waals surface area contributed by atoms with Crippen LogP contribution in [0, 0.1) is 11.3 Å². The molecule has 1 aromatic rings. The summed E-state index contributed by atoms with van der Waals surface area (Å²) in [6.45, 7) is -3.21. The van der Waals surface area contributed by atoms with Gasteiger partial charge in [-0.15, -0.1) is 13.2 Å². The van der Waals surface area contributed by atoms with Gasteiger partial charge < -0.3 is 9.47 Å². The van der Waals surface area contributed by atoms with Gasteiger partial charge in [0.25, 0.3) is 0 Å². The molecule has 8 heteroatoms. The van der Waals surface area contributed by atoms with Crippen molar-refractivity contribution in [2.75, 3.05) is 0 Å². The van der Waals surface area contributed by atoms with Gasteiger partial charge in [0.15, 0.2) is 0 Å². The van der Waals surface area contributed by atoms with Crippen molar-refractivity contribution in [1.82, 2.24) is 0 Å². The van der Waals surface area contributed by atoms with E-state index in [9.17, 15) is 22.0 Å². The second kappa shape index (κ2) is 5.53. The topological polar surface area (TPSA) is 42.2 Å². The highest BCUT2D eigenvalue weighted by molar-refractivity contribution is 5.42. The Kier molecular flexibility index (Phi) is 4.31. The Hall–Kier alpha value is -2.04. The molecule has 0 heterocycles. The van der Waals surface area contributed by atoms with Crippen LogP contribution >= 0.6 is 0 Å². The van der Waals surface area contributed by atoms with Gasteiger partial charge in [-0.05, 0) is 6.07 Å². The quantitative estimate of drug-likeness (QED) is 0.786. The molecule has 0 saturated heterocycles. The maximum Gasteiger partial charge on any atom is 0.573 e. The number of alkyl halides is 5. The highest BCUT2D eigenvalue weighted by atomic mass is 19.4. The molecule has 0 amide bonds. The molecular formula is C10H6F5NO2. The number of hydrogen-bond donors (Lipinski definition) is 0. The van der Waals surface area contributed by atoms with Gasteiger partial charge in [-0.2, -0.15) is 14.0 Å². The molecule has 0 atom stereocenters. The number of hydrogen-bond acceptors (Lipinski definition) is 3. The van der Waals surface area contributed by atoms with Crippen LogP contribution in [-0.2, 0) is 6.42 Å². The lowest BCUT2D eigenvalue weighted by Gasteiger charge is -2.12. The minimum atomic E-state index is -4.93. The van der Waals surface area contributed by atoms with Crippen LogP contribution in [0.25, 0.3) is 0 Å². The van der Waals surface area contributed by atoms with E-state index < -0.39 is 24.5 Å². The molecule has 0 radical (unpaired) electrons. The summed E-state index contributed by atoms with van der Waals surface area (Å²) in [5.74, 6) is -1.21. The Morgan fingerprint density at radius 3 is 2.44 bits per heavy atom. The van der Waals surface area contributed by atoms with E-state index in [1.807, 2.05) is 0 Å². The molecule has 98 valence electrons. The number of ether oxygens (including phenoxy) is 2. The Balaban J connectivity index is 3.01. The Labute approximate surface area is 98.3 Å². The Morgan fingerprint density at radius 1 is 1.28 bits per heavy atom. The predicted molar refractivity (Wildman–Crippen MR) is 49.1 cm³/mol. The van der Waals surface area contributed by atoms with Crippen molar-refractivity contribution in [1.29, 1.82) is 5.26 Å². The largest absolute Gasteiger partial charge is 0.573 e. The average molecular weight is 267 g/mol. The molecule has 3 nitrogen and oxygen atoms in total. The minimum absolute atomic E-state index is 0.0484. The van der Waals surface area contributed by atoms with Crippen LogP contribution in [0.4, 0.5) is 22.0 Å². The zero-order valence-electron chi connectivity index (χ0n) is 8.67. The fourth-order valence-corrected chi connectivity index (χ4v) is 1.17. The fraction of sp³-hybridized carbons (Fsp3) is 0.300. The molecule has 18 heavy (non-hydrogen) atoms. The van der Waals surface area contributed by atoms with Gasteiger partial charge in [0.05, 0.1) is 12.5 Å². The zero-order valence-corrected chi connectivity index (χ0v) is 8.67. The minimum Gasteiger partial charge on any atom is -0.434 e. The van der Waals surface area contributed by atoms with E-state index in [4.69, 9.17) is 5.26 Å². The van der Waals surface area contributed by atoms with Crippen LogP contribution in [0.1, 0.15) is 5.56 Å². The van der Waals surface area contributed by atoms with Crippen molar-refractivity contribution in [3.63, 3.8) is 0 Å². The summed E-state index contributed by atoms with van der Waals surface area (Å²) in [6.07, 6.45) is -5.20. The Morgan fingerprint density at radius 2 is 1.94 bits per heavy atom. The summed E-state index contributed by atoms with van der Waals surface area (Å²) in [4.78, 5) is 0.